The van der Waals surface area contributed by atoms with Gasteiger partial charge in [-0.05, 0) is 74.1 Å². The van der Waals surface area contributed by atoms with Crippen LogP contribution in [0.2, 0.25) is 0 Å². The Balaban J connectivity index is 1.70. The van der Waals surface area contributed by atoms with Gasteiger partial charge in [0.2, 0.25) is 0 Å². The number of anilines is 3. The van der Waals surface area contributed by atoms with Crippen molar-refractivity contribution in [2.45, 2.75) is 13.8 Å². The molecule has 1 fully saturated rings. The number of carbonyl (C=O) groups is 2. The Labute approximate surface area is 199 Å². The highest BCUT2D eigenvalue weighted by molar-refractivity contribution is 7.80. The molecule has 4 rings (SSSR count). The van der Waals surface area contributed by atoms with Crippen LogP contribution in [0.1, 0.15) is 19.4 Å². The second kappa shape index (κ2) is 9.79. The van der Waals surface area contributed by atoms with E-state index >= 15 is 0 Å². The monoisotopic (exact) mass is 455 g/mol. The lowest BCUT2D eigenvalue weighted by molar-refractivity contribution is -0.133. The molecule has 0 saturated carbocycles. The third kappa shape index (κ3) is 4.43. The molecule has 0 N–H and O–H groups in total. The number of benzene rings is 3. The van der Waals surface area contributed by atoms with Gasteiger partial charge in [-0.2, -0.15) is 0 Å². The molecule has 0 atom stereocenters. The van der Waals surface area contributed by atoms with Gasteiger partial charge in [-0.1, -0.05) is 48.5 Å². The normalized spacial score (nSPS) is 14.0. The Morgan fingerprint density at radius 3 is 1.55 bits per heavy atom. The van der Waals surface area contributed by atoms with Crippen LogP contribution < -0.4 is 4.90 Å². The summed E-state index contributed by atoms with van der Waals surface area (Å²) in [5.41, 5.74) is 3.96. The number of para-hydroxylation sites is 2. The molecular weight excluding hydrogens is 430 g/mol. The number of nitrogens with zero attached hydrogens (tertiary/aromatic N) is 3. The van der Waals surface area contributed by atoms with Gasteiger partial charge in [0, 0.05) is 30.2 Å². The minimum absolute atomic E-state index is 0.128. The molecule has 0 bridgehead atoms. The van der Waals surface area contributed by atoms with Gasteiger partial charge in [0.1, 0.15) is 5.57 Å². The lowest BCUT2D eigenvalue weighted by atomic mass is 10.1. The average Bonchev–Trinajstić information content (AvgIpc) is 2.85. The summed E-state index contributed by atoms with van der Waals surface area (Å²) in [6, 6.07) is 28.1. The summed E-state index contributed by atoms with van der Waals surface area (Å²) in [6.45, 7) is 4.53. The third-order valence-corrected chi connectivity index (χ3v) is 5.98. The first-order valence-corrected chi connectivity index (χ1v) is 11.4. The van der Waals surface area contributed by atoms with E-state index in [0.717, 1.165) is 22.6 Å². The van der Waals surface area contributed by atoms with E-state index in [0.29, 0.717) is 13.1 Å². The molecule has 0 unspecified atom stereocenters. The first-order chi connectivity index (χ1) is 16.0. The minimum Gasteiger partial charge on any atom is -0.311 e. The smallest absolute Gasteiger partial charge is 0.265 e. The van der Waals surface area contributed by atoms with Crippen molar-refractivity contribution in [2.24, 2.45) is 0 Å². The molecule has 3 aromatic carbocycles. The maximum absolute atomic E-state index is 12.9. The Morgan fingerprint density at radius 2 is 1.12 bits per heavy atom. The van der Waals surface area contributed by atoms with Gasteiger partial charge in [-0.3, -0.25) is 19.4 Å². The fourth-order valence-corrected chi connectivity index (χ4v) is 4.29. The summed E-state index contributed by atoms with van der Waals surface area (Å²) in [5, 5.41) is 0.267. The second-order valence-corrected chi connectivity index (χ2v) is 7.90. The Kier molecular flexibility index (Phi) is 6.66. The van der Waals surface area contributed by atoms with Crippen LogP contribution in [0.4, 0.5) is 17.1 Å². The van der Waals surface area contributed by atoms with E-state index in [9.17, 15) is 9.59 Å². The third-order valence-electron chi connectivity index (χ3n) is 5.54. The van der Waals surface area contributed by atoms with Crippen molar-refractivity contribution < 1.29 is 9.59 Å². The summed E-state index contributed by atoms with van der Waals surface area (Å²) >= 11 is 5.33. The highest BCUT2D eigenvalue weighted by atomic mass is 32.1. The van der Waals surface area contributed by atoms with Crippen LogP contribution >= 0.6 is 12.2 Å². The number of rotatable bonds is 6. The van der Waals surface area contributed by atoms with Crippen molar-refractivity contribution in [2.75, 3.05) is 18.0 Å². The number of amides is 2. The summed E-state index contributed by atoms with van der Waals surface area (Å²) in [4.78, 5) is 30.9. The van der Waals surface area contributed by atoms with Crippen LogP contribution in [0.3, 0.4) is 0 Å². The zero-order valence-corrected chi connectivity index (χ0v) is 19.5. The van der Waals surface area contributed by atoms with E-state index in [-0.39, 0.29) is 22.5 Å². The SMILES string of the molecule is CCN1C(=O)C(=Cc2ccc(N(c3ccccc3)c3ccccc3)cc2)C(=O)N(CC)C1=S. The van der Waals surface area contributed by atoms with E-state index < -0.39 is 0 Å². The molecule has 2 amide bonds. The van der Waals surface area contributed by atoms with Crippen molar-refractivity contribution in [3.8, 4) is 0 Å². The van der Waals surface area contributed by atoms with Crippen LogP contribution in [0, 0.1) is 0 Å². The maximum Gasteiger partial charge on any atom is 0.265 e. The average molecular weight is 456 g/mol. The van der Waals surface area contributed by atoms with E-state index in [1.807, 2.05) is 74.5 Å². The highest BCUT2D eigenvalue weighted by Crippen LogP contribution is 2.34. The molecule has 1 aliphatic heterocycles. The molecule has 6 heteroatoms. The van der Waals surface area contributed by atoms with Crippen molar-refractivity contribution in [1.82, 2.24) is 9.80 Å². The lowest BCUT2D eigenvalue weighted by Crippen LogP contribution is -2.55. The Bertz CT molecular complexity index is 1120. The first kappa shape index (κ1) is 22.4. The number of thiocarbonyl (C=S) groups is 1. The summed E-state index contributed by atoms with van der Waals surface area (Å²) in [5.74, 6) is -0.701. The van der Waals surface area contributed by atoms with Crippen molar-refractivity contribution >= 4 is 52.3 Å². The topological polar surface area (TPSA) is 43.9 Å². The zero-order chi connectivity index (χ0) is 23.4. The fourth-order valence-electron chi connectivity index (χ4n) is 3.87. The van der Waals surface area contributed by atoms with Crippen LogP contribution in [0.5, 0.6) is 0 Å². The predicted octanol–water partition coefficient (Wildman–Crippen LogP) is 5.54. The predicted molar refractivity (Wildman–Crippen MR) is 136 cm³/mol. The van der Waals surface area contributed by atoms with Crippen LogP contribution in [-0.2, 0) is 9.59 Å². The van der Waals surface area contributed by atoms with Gasteiger partial charge in [-0.25, -0.2) is 0 Å². The molecule has 3 aromatic rings. The summed E-state index contributed by atoms with van der Waals surface area (Å²) < 4.78 is 0. The quantitative estimate of drug-likeness (QED) is 0.278. The van der Waals surface area contributed by atoms with Gasteiger partial charge in [0.05, 0.1) is 0 Å². The van der Waals surface area contributed by atoms with Gasteiger partial charge in [0.25, 0.3) is 11.8 Å². The van der Waals surface area contributed by atoms with Gasteiger partial charge >= 0.3 is 0 Å². The van der Waals surface area contributed by atoms with Crippen molar-refractivity contribution in [3.05, 3.63) is 96.1 Å². The molecule has 1 heterocycles. The second-order valence-electron chi connectivity index (χ2n) is 7.54. The van der Waals surface area contributed by atoms with Crippen molar-refractivity contribution in [1.29, 1.82) is 0 Å². The molecule has 0 aliphatic carbocycles. The zero-order valence-electron chi connectivity index (χ0n) is 18.6. The Morgan fingerprint density at radius 1 is 0.697 bits per heavy atom. The fraction of sp³-hybridized carbons (Fsp3) is 0.148. The maximum atomic E-state index is 12.9. The molecule has 0 spiro atoms. The Hall–Kier alpha value is -3.77. The summed E-state index contributed by atoms with van der Waals surface area (Å²) in [7, 11) is 0. The number of likely N-dealkylation sites (N-methyl/N-ethyl adjacent to an activating group) is 2. The van der Waals surface area contributed by atoms with Gasteiger partial charge in [0.15, 0.2) is 5.11 Å². The van der Waals surface area contributed by atoms with Crippen LogP contribution in [0.15, 0.2) is 90.5 Å². The number of hydrogen-bond acceptors (Lipinski definition) is 4. The van der Waals surface area contributed by atoms with E-state index in [4.69, 9.17) is 12.2 Å². The van der Waals surface area contributed by atoms with E-state index in [2.05, 4.69) is 29.2 Å². The molecule has 0 aromatic heterocycles. The van der Waals surface area contributed by atoms with Crippen LogP contribution in [0.25, 0.3) is 6.08 Å². The van der Waals surface area contributed by atoms with Gasteiger partial charge < -0.3 is 4.90 Å². The minimum atomic E-state index is -0.350. The largest absolute Gasteiger partial charge is 0.311 e. The van der Waals surface area contributed by atoms with E-state index in [1.54, 1.807) is 6.08 Å². The molecular formula is C27H25N3O2S. The number of hydrogen-bond donors (Lipinski definition) is 0. The molecule has 5 nitrogen and oxygen atoms in total. The molecule has 33 heavy (non-hydrogen) atoms. The molecule has 1 aliphatic rings. The highest BCUT2D eigenvalue weighted by Gasteiger charge is 2.37. The molecule has 166 valence electrons. The molecule has 0 radical (unpaired) electrons. The standard InChI is InChI=1S/C27H25N3O2S/c1-3-28-25(31)24(26(32)29(4-2)27(28)33)19-20-15-17-23(18-16-20)30(21-11-7-5-8-12-21)22-13-9-6-10-14-22/h5-19H,3-4H2,1-2H3. The van der Waals surface area contributed by atoms with E-state index in [1.165, 1.54) is 9.80 Å². The van der Waals surface area contributed by atoms with Crippen molar-refractivity contribution in [3.63, 3.8) is 0 Å². The number of carbonyl (C=O) groups excluding carboxylic acids is 2. The van der Waals surface area contributed by atoms with Gasteiger partial charge in [-0.15, -0.1) is 0 Å². The summed E-state index contributed by atoms with van der Waals surface area (Å²) in [6.07, 6.45) is 1.65. The first-order valence-electron chi connectivity index (χ1n) is 10.9. The molecule has 1 saturated heterocycles. The lowest BCUT2D eigenvalue weighted by Gasteiger charge is -2.35. The van der Waals surface area contributed by atoms with Crippen LogP contribution in [-0.4, -0.2) is 39.8 Å².